The smallest absolute Gasteiger partial charge is 0.0588 e. The Bertz CT molecular complexity index is 289. The van der Waals surface area contributed by atoms with Crippen LogP contribution in [-0.4, -0.2) is 23.2 Å². The van der Waals surface area contributed by atoms with Crippen LogP contribution in [0.4, 0.5) is 0 Å². The first-order valence-electron chi connectivity index (χ1n) is 5.36. The molecule has 1 aromatic carbocycles. The molecule has 0 saturated heterocycles. The lowest BCUT2D eigenvalue weighted by Gasteiger charge is -2.11. The van der Waals surface area contributed by atoms with Gasteiger partial charge in [0.1, 0.15) is 0 Å². The molecule has 0 radical (unpaired) electrons. The topological polar surface area (TPSA) is 20.2 Å². The summed E-state index contributed by atoms with van der Waals surface area (Å²) in [5.41, 5.74) is 3.81. The zero-order valence-corrected chi connectivity index (χ0v) is 10.6. The molecule has 0 spiro atoms. The number of aryl methyl sites for hydroxylation is 2. The minimum absolute atomic E-state index is 0.196. The molecule has 2 heteroatoms. The van der Waals surface area contributed by atoms with Crippen molar-refractivity contribution >= 4 is 11.8 Å². The summed E-state index contributed by atoms with van der Waals surface area (Å²) in [4.78, 5) is 0. The van der Waals surface area contributed by atoms with Crippen molar-refractivity contribution in [2.75, 3.05) is 12.0 Å². The van der Waals surface area contributed by atoms with Gasteiger partial charge in [0.05, 0.1) is 6.10 Å². The van der Waals surface area contributed by atoms with Crippen molar-refractivity contribution in [1.82, 2.24) is 0 Å². The fraction of sp³-hybridized carbons (Fsp3) is 0.538. The lowest BCUT2D eigenvalue weighted by atomic mass is 10.0. The van der Waals surface area contributed by atoms with Crippen LogP contribution in [0.1, 0.15) is 23.1 Å². The summed E-state index contributed by atoms with van der Waals surface area (Å²) in [7, 11) is 0. The first-order chi connectivity index (χ1) is 7.11. The molecule has 0 fully saturated rings. The molecule has 1 aromatic rings. The third-order valence-corrected chi connectivity index (χ3v) is 3.05. The highest BCUT2D eigenvalue weighted by Crippen LogP contribution is 2.13. The molecule has 0 bridgehead atoms. The van der Waals surface area contributed by atoms with Crippen LogP contribution in [0.2, 0.25) is 0 Å². The van der Waals surface area contributed by atoms with Crippen LogP contribution in [0.15, 0.2) is 18.2 Å². The number of thioether (sulfide) groups is 1. The molecule has 0 amide bonds. The molecule has 0 aliphatic rings. The molecule has 1 unspecified atom stereocenters. The maximum Gasteiger partial charge on any atom is 0.0588 e. The van der Waals surface area contributed by atoms with Gasteiger partial charge in [-0.1, -0.05) is 29.3 Å². The van der Waals surface area contributed by atoms with Gasteiger partial charge in [-0.3, -0.25) is 0 Å². The quantitative estimate of drug-likeness (QED) is 0.830. The average Bonchev–Trinajstić information content (AvgIpc) is 2.13. The Morgan fingerprint density at radius 3 is 2.33 bits per heavy atom. The Balaban J connectivity index is 2.56. The largest absolute Gasteiger partial charge is 0.393 e. The molecular formula is C13H20OS. The second-order valence-electron chi connectivity index (χ2n) is 4.14. The van der Waals surface area contributed by atoms with E-state index in [9.17, 15) is 5.11 Å². The second-order valence-corrected chi connectivity index (χ2v) is 5.12. The lowest BCUT2D eigenvalue weighted by molar-refractivity contribution is 0.172. The number of hydrogen-bond acceptors (Lipinski definition) is 2. The molecule has 1 N–H and O–H groups in total. The van der Waals surface area contributed by atoms with E-state index in [4.69, 9.17) is 0 Å². The van der Waals surface area contributed by atoms with Crippen LogP contribution >= 0.6 is 11.8 Å². The summed E-state index contributed by atoms with van der Waals surface area (Å²) in [5.74, 6) is 1.03. The Hall–Kier alpha value is -0.470. The summed E-state index contributed by atoms with van der Waals surface area (Å²) in [6.45, 7) is 4.20. The van der Waals surface area contributed by atoms with Crippen molar-refractivity contribution in [3.05, 3.63) is 34.9 Å². The molecule has 84 valence electrons. The van der Waals surface area contributed by atoms with Crippen molar-refractivity contribution in [3.63, 3.8) is 0 Å². The third-order valence-electron chi connectivity index (χ3n) is 2.41. The SMILES string of the molecule is CSCCC(O)Cc1cc(C)cc(C)c1. The van der Waals surface area contributed by atoms with E-state index in [1.165, 1.54) is 16.7 Å². The summed E-state index contributed by atoms with van der Waals surface area (Å²) in [6, 6.07) is 6.49. The molecule has 1 nitrogen and oxygen atoms in total. The highest BCUT2D eigenvalue weighted by atomic mass is 32.2. The summed E-state index contributed by atoms with van der Waals surface area (Å²) in [6.07, 6.45) is 3.54. The zero-order chi connectivity index (χ0) is 11.3. The van der Waals surface area contributed by atoms with Gasteiger partial charge in [-0.15, -0.1) is 0 Å². The number of rotatable bonds is 5. The van der Waals surface area contributed by atoms with Gasteiger partial charge < -0.3 is 5.11 Å². The van der Waals surface area contributed by atoms with E-state index >= 15 is 0 Å². The van der Waals surface area contributed by atoms with Gasteiger partial charge in [0.15, 0.2) is 0 Å². The number of aliphatic hydroxyl groups excluding tert-OH is 1. The molecule has 15 heavy (non-hydrogen) atoms. The van der Waals surface area contributed by atoms with Crippen LogP contribution in [0.25, 0.3) is 0 Å². The summed E-state index contributed by atoms with van der Waals surface area (Å²) < 4.78 is 0. The highest BCUT2D eigenvalue weighted by molar-refractivity contribution is 7.98. The van der Waals surface area contributed by atoms with Gasteiger partial charge >= 0.3 is 0 Å². The van der Waals surface area contributed by atoms with Crippen LogP contribution in [0, 0.1) is 13.8 Å². The van der Waals surface area contributed by atoms with Gasteiger partial charge in [-0.2, -0.15) is 11.8 Å². The van der Waals surface area contributed by atoms with Crippen LogP contribution in [0.5, 0.6) is 0 Å². The van der Waals surface area contributed by atoms with E-state index in [2.05, 4.69) is 38.3 Å². The minimum atomic E-state index is -0.196. The van der Waals surface area contributed by atoms with Gasteiger partial charge in [-0.05, 0) is 44.3 Å². The number of benzene rings is 1. The summed E-state index contributed by atoms with van der Waals surface area (Å²) >= 11 is 1.79. The van der Waals surface area contributed by atoms with Crippen LogP contribution in [0.3, 0.4) is 0 Å². The molecule has 0 saturated carbocycles. The Morgan fingerprint density at radius 1 is 1.20 bits per heavy atom. The Morgan fingerprint density at radius 2 is 1.80 bits per heavy atom. The standard InChI is InChI=1S/C13H20OS/c1-10-6-11(2)8-12(7-10)9-13(14)4-5-15-3/h6-8,13-14H,4-5,9H2,1-3H3. The number of hydrogen-bond donors (Lipinski definition) is 1. The molecule has 0 aliphatic heterocycles. The molecule has 0 aromatic heterocycles. The van der Waals surface area contributed by atoms with E-state index in [0.29, 0.717) is 0 Å². The predicted molar refractivity (Wildman–Crippen MR) is 68.6 cm³/mol. The van der Waals surface area contributed by atoms with Gasteiger partial charge in [-0.25, -0.2) is 0 Å². The zero-order valence-electron chi connectivity index (χ0n) is 9.79. The van der Waals surface area contributed by atoms with Crippen LogP contribution < -0.4 is 0 Å². The maximum absolute atomic E-state index is 9.80. The van der Waals surface area contributed by atoms with E-state index in [1.807, 2.05) is 0 Å². The molecule has 0 heterocycles. The molecule has 1 rings (SSSR count). The monoisotopic (exact) mass is 224 g/mol. The van der Waals surface area contributed by atoms with Gasteiger partial charge in [0, 0.05) is 0 Å². The van der Waals surface area contributed by atoms with E-state index in [-0.39, 0.29) is 6.10 Å². The van der Waals surface area contributed by atoms with E-state index in [1.54, 1.807) is 11.8 Å². The molecule has 1 atom stereocenters. The normalized spacial score (nSPS) is 12.8. The Kier molecular flexibility index (Phi) is 5.20. The van der Waals surface area contributed by atoms with Crippen molar-refractivity contribution in [1.29, 1.82) is 0 Å². The first-order valence-corrected chi connectivity index (χ1v) is 6.75. The van der Waals surface area contributed by atoms with Crippen molar-refractivity contribution in [3.8, 4) is 0 Å². The average molecular weight is 224 g/mol. The first kappa shape index (κ1) is 12.6. The molecular weight excluding hydrogens is 204 g/mol. The van der Waals surface area contributed by atoms with E-state index in [0.717, 1.165) is 18.6 Å². The minimum Gasteiger partial charge on any atom is -0.393 e. The maximum atomic E-state index is 9.80. The second kappa shape index (κ2) is 6.19. The van der Waals surface area contributed by atoms with Crippen LogP contribution in [-0.2, 0) is 6.42 Å². The summed E-state index contributed by atoms with van der Waals surface area (Å²) in [5, 5.41) is 9.80. The van der Waals surface area contributed by atoms with Gasteiger partial charge in [0.2, 0.25) is 0 Å². The highest BCUT2D eigenvalue weighted by Gasteiger charge is 2.05. The van der Waals surface area contributed by atoms with Crippen molar-refractivity contribution in [2.45, 2.75) is 32.8 Å². The predicted octanol–water partition coefficient (Wildman–Crippen LogP) is 2.96. The van der Waals surface area contributed by atoms with E-state index < -0.39 is 0 Å². The van der Waals surface area contributed by atoms with Gasteiger partial charge in [0.25, 0.3) is 0 Å². The number of aliphatic hydroxyl groups is 1. The van der Waals surface area contributed by atoms with Crippen molar-refractivity contribution in [2.24, 2.45) is 0 Å². The fourth-order valence-corrected chi connectivity index (χ4v) is 2.32. The Labute approximate surface area is 96.9 Å². The lowest BCUT2D eigenvalue weighted by Crippen LogP contribution is -2.11. The third kappa shape index (κ3) is 4.72. The van der Waals surface area contributed by atoms with Crippen molar-refractivity contribution < 1.29 is 5.11 Å². The molecule has 0 aliphatic carbocycles. The fourth-order valence-electron chi connectivity index (χ4n) is 1.81.